The monoisotopic (exact) mass is 451 g/mol. The predicted octanol–water partition coefficient (Wildman–Crippen LogP) is 5.59. The summed E-state index contributed by atoms with van der Waals surface area (Å²) in [7, 11) is 0. The molecule has 0 radical (unpaired) electrons. The van der Waals surface area contributed by atoms with Crippen molar-refractivity contribution in [3.63, 3.8) is 0 Å². The Bertz CT molecular complexity index is 1470. The summed E-state index contributed by atoms with van der Waals surface area (Å²) in [5.74, 6) is 0.672. The number of hydrogen-bond acceptors (Lipinski definition) is 5. The molecule has 1 aliphatic carbocycles. The standard InChI is InChI=1S/C26H21N5O3/c32-25(33)31-26(11-4-12-26)19-9-7-17(8-10-19)23-21(16-5-2-1-3-6-16)22-24(34-23)27-15-20(30-22)18-13-28-29-14-18/h1-3,5-10,13-15,31H,4,11-12H2,(H,28,29)(H,32,33). The Morgan fingerprint density at radius 2 is 1.79 bits per heavy atom. The van der Waals surface area contributed by atoms with Crippen molar-refractivity contribution >= 4 is 17.3 Å². The first-order valence-electron chi connectivity index (χ1n) is 11.1. The maximum Gasteiger partial charge on any atom is 0.405 e. The van der Waals surface area contributed by atoms with Crippen LogP contribution in [0.15, 0.2) is 77.6 Å². The Balaban J connectivity index is 1.48. The summed E-state index contributed by atoms with van der Waals surface area (Å²) in [5, 5.41) is 18.8. The fraction of sp³-hybridized carbons (Fsp3) is 0.154. The maximum atomic E-state index is 11.3. The molecule has 8 heteroatoms. The summed E-state index contributed by atoms with van der Waals surface area (Å²) in [6.45, 7) is 0. The van der Waals surface area contributed by atoms with Crippen molar-refractivity contribution in [3.8, 4) is 33.7 Å². The van der Waals surface area contributed by atoms with Gasteiger partial charge in [-0.2, -0.15) is 5.10 Å². The zero-order valence-corrected chi connectivity index (χ0v) is 18.2. The molecule has 3 heterocycles. The molecule has 3 N–H and O–H groups in total. The van der Waals surface area contributed by atoms with Gasteiger partial charge in [-0.05, 0) is 30.4 Å². The number of aromatic nitrogens is 4. The average Bonchev–Trinajstić information content (AvgIpc) is 3.50. The van der Waals surface area contributed by atoms with Gasteiger partial charge < -0.3 is 14.8 Å². The lowest BCUT2D eigenvalue weighted by atomic mass is 9.72. The second-order valence-electron chi connectivity index (χ2n) is 8.51. The molecule has 1 aliphatic rings. The van der Waals surface area contributed by atoms with E-state index in [1.54, 1.807) is 18.6 Å². The number of benzene rings is 2. The van der Waals surface area contributed by atoms with Crippen molar-refractivity contribution in [2.75, 3.05) is 0 Å². The fourth-order valence-electron chi connectivity index (χ4n) is 4.64. The summed E-state index contributed by atoms with van der Waals surface area (Å²) in [6.07, 6.45) is 6.75. The molecule has 34 heavy (non-hydrogen) atoms. The van der Waals surface area contributed by atoms with Gasteiger partial charge in [0.05, 0.1) is 29.2 Å². The number of nitrogens with one attached hydrogen (secondary N) is 2. The highest BCUT2D eigenvalue weighted by Crippen LogP contribution is 2.43. The number of fused-ring (bicyclic) bond motifs is 1. The van der Waals surface area contributed by atoms with Gasteiger partial charge in [-0.15, -0.1) is 0 Å². The van der Waals surface area contributed by atoms with Crippen LogP contribution in [0.3, 0.4) is 0 Å². The number of rotatable bonds is 5. The molecule has 0 spiro atoms. The molecule has 1 amide bonds. The van der Waals surface area contributed by atoms with Crippen LogP contribution in [0.1, 0.15) is 24.8 Å². The van der Waals surface area contributed by atoms with Gasteiger partial charge >= 0.3 is 6.09 Å². The highest BCUT2D eigenvalue weighted by molar-refractivity contribution is 5.98. The van der Waals surface area contributed by atoms with Crippen LogP contribution in [0.2, 0.25) is 0 Å². The number of carbonyl (C=O) groups is 1. The van der Waals surface area contributed by atoms with Crippen molar-refractivity contribution in [1.82, 2.24) is 25.5 Å². The Labute approximate surface area is 194 Å². The summed E-state index contributed by atoms with van der Waals surface area (Å²) in [4.78, 5) is 20.7. The van der Waals surface area contributed by atoms with Crippen LogP contribution in [-0.2, 0) is 5.54 Å². The van der Waals surface area contributed by atoms with Crippen molar-refractivity contribution in [2.24, 2.45) is 0 Å². The minimum atomic E-state index is -1.00. The average molecular weight is 451 g/mol. The van der Waals surface area contributed by atoms with Crippen molar-refractivity contribution in [1.29, 1.82) is 0 Å². The normalized spacial score (nSPS) is 14.6. The highest BCUT2D eigenvalue weighted by atomic mass is 16.4. The number of nitrogens with zero attached hydrogens (tertiary/aromatic N) is 3. The van der Waals surface area contributed by atoms with Gasteiger partial charge in [-0.1, -0.05) is 54.6 Å². The molecule has 6 rings (SSSR count). The third kappa shape index (κ3) is 3.31. The van der Waals surface area contributed by atoms with Crippen LogP contribution in [0.5, 0.6) is 0 Å². The molecule has 5 aromatic rings. The van der Waals surface area contributed by atoms with Crippen LogP contribution in [0, 0.1) is 0 Å². The Morgan fingerprint density at radius 3 is 2.44 bits per heavy atom. The van der Waals surface area contributed by atoms with E-state index in [9.17, 15) is 9.90 Å². The van der Waals surface area contributed by atoms with Crippen LogP contribution < -0.4 is 5.32 Å². The van der Waals surface area contributed by atoms with Crippen molar-refractivity contribution in [3.05, 3.63) is 78.8 Å². The number of carboxylic acid groups (broad SMARTS) is 1. The van der Waals surface area contributed by atoms with E-state index in [4.69, 9.17) is 9.40 Å². The van der Waals surface area contributed by atoms with Gasteiger partial charge in [0.2, 0.25) is 5.71 Å². The zero-order valence-electron chi connectivity index (χ0n) is 18.2. The van der Waals surface area contributed by atoms with Gasteiger partial charge in [0, 0.05) is 17.3 Å². The minimum Gasteiger partial charge on any atom is -0.465 e. The molecule has 1 fully saturated rings. The van der Waals surface area contributed by atoms with E-state index in [-0.39, 0.29) is 0 Å². The van der Waals surface area contributed by atoms with Gasteiger partial charge in [-0.25, -0.2) is 14.8 Å². The topological polar surface area (TPSA) is 117 Å². The molecule has 0 saturated heterocycles. The van der Waals surface area contributed by atoms with E-state index in [1.165, 1.54) is 0 Å². The first kappa shape index (κ1) is 20.2. The molecule has 0 atom stereocenters. The highest BCUT2D eigenvalue weighted by Gasteiger charge is 2.40. The predicted molar refractivity (Wildman–Crippen MR) is 127 cm³/mol. The first-order chi connectivity index (χ1) is 16.6. The third-order valence-electron chi connectivity index (χ3n) is 6.51. The van der Waals surface area contributed by atoms with E-state index >= 15 is 0 Å². The van der Waals surface area contributed by atoms with E-state index in [0.717, 1.165) is 47.1 Å². The van der Waals surface area contributed by atoms with E-state index in [2.05, 4.69) is 20.5 Å². The molecular formula is C26H21N5O3. The second kappa shape index (κ2) is 7.84. The summed E-state index contributed by atoms with van der Waals surface area (Å²) in [6, 6.07) is 17.9. The van der Waals surface area contributed by atoms with Crippen molar-refractivity contribution < 1.29 is 14.3 Å². The Kier molecular flexibility index (Phi) is 4.65. The van der Waals surface area contributed by atoms with E-state index < -0.39 is 11.6 Å². The molecule has 3 aromatic heterocycles. The summed E-state index contributed by atoms with van der Waals surface area (Å²) in [5.41, 5.74) is 5.83. The molecule has 1 saturated carbocycles. The quantitative estimate of drug-likeness (QED) is 0.320. The molecule has 168 valence electrons. The molecule has 2 aromatic carbocycles. The van der Waals surface area contributed by atoms with Crippen LogP contribution >= 0.6 is 0 Å². The molecule has 8 nitrogen and oxygen atoms in total. The minimum absolute atomic E-state index is 0.452. The molecular weight excluding hydrogens is 430 g/mol. The molecule has 0 aliphatic heterocycles. The molecule has 0 bridgehead atoms. The first-order valence-corrected chi connectivity index (χ1v) is 11.1. The van der Waals surface area contributed by atoms with Gasteiger partial charge in [-0.3, -0.25) is 5.10 Å². The Morgan fingerprint density at radius 1 is 1.00 bits per heavy atom. The lowest BCUT2D eigenvalue weighted by molar-refractivity contribution is 0.144. The number of hydrogen-bond donors (Lipinski definition) is 3. The Hall–Kier alpha value is -4.46. The summed E-state index contributed by atoms with van der Waals surface area (Å²) < 4.78 is 6.24. The maximum absolute atomic E-state index is 11.3. The summed E-state index contributed by atoms with van der Waals surface area (Å²) >= 11 is 0. The molecule has 0 unspecified atom stereocenters. The van der Waals surface area contributed by atoms with Crippen LogP contribution in [0.25, 0.3) is 44.9 Å². The third-order valence-corrected chi connectivity index (χ3v) is 6.51. The van der Waals surface area contributed by atoms with E-state index in [0.29, 0.717) is 22.7 Å². The van der Waals surface area contributed by atoms with Gasteiger partial charge in [0.25, 0.3) is 0 Å². The zero-order chi connectivity index (χ0) is 23.1. The van der Waals surface area contributed by atoms with Gasteiger partial charge in [0.15, 0.2) is 0 Å². The largest absolute Gasteiger partial charge is 0.465 e. The lowest BCUT2D eigenvalue weighted by Gasteiger charge is -2.42. The lowest BCUT2D eigenvalue weighted by Crippen LogP contribution is -2.50. The SMILES string of the molecule is O=C(O)NC1(c2ccc(-c3oc4ncc(-c5cn[nH]c5)nc4c3-c3ccccc3)cc2)CCC1. The second-order valence-corrected chi connectivity index (χ2v) is 8.51. The van der Waals surface area contributed by atoms with Gasteiger partial charge in [0.1, 0.15) is 11.3 Å². The van der Waals surface area contributed by atoms with E-state index in [1.807, 2.05) is 54.6 Å². The number of aromatic amines is 1. The number of H-pyrrole nitrogens is 1. The van der Waals surface area contributed by atoms with Crippen LogP contribution in [0.4, 0.5) is 4.79 Å². The van der Waals surface area contributed by atoms with Crippen LogP contribution in [-0.4, -0.2) is 31.4 Å². The number of furan rings is 1. The smallest absolute Gasteiger partial charge is 0.405 e. The fourth-order valence-corrected chi connectivity index (χ4v) is 4.64. The van der Waals surface area contributed by atoms with Crippen molar-refractivity contribution in [2.45, 2.75) is 24.8 Å². The number of amides is 1.